The highest BCUT2D eigenvalue weighted by Crippen LogP contribution is 2.40. The number of nitriles is 1. The molecule has 10 N–H and O–H groups in total. The van der Waals surface area contributed by atoms with Crippen molar-refractivity contribution in [3.05, 3.63) is 83.0 Å². The predicted molar refractivity (Wildman–Crippen MR) is 249 cm³/mol. The number of aryl methyl sites for hydroxylation is 1. The highest BCUT2D eigenvalue weighted by Gasteiger charge is 2.36. The highest BCUT2D eigenvalue weighted by molar-refractivity contribution is 6.02. The van der Waals surface area contributed by atoms with E-state index in [-0.39, 0.29) is 57.8 Å². The van der Waals surface area contributed by atoms with Crippen LogP contribution in [-0.4, -0.2) is 111 Å². The molecule has 0 aliphatic carbocycles. The SMILES string of the molecule is CCCCCCOc1ccc2nc(C)c(C(=O)NC(CCN)C(=O)N(C)C3C(=O)NC(C)C(=O)NC(C(=O)NCC#N)Cc4ccc(OCCN)c(c4)-c4cc3ccc4OCCN)cc2c1. The molecule has 18 nitrogen and oxygen atoms in total. The monoisotopic (exact) mass is 906 g/mol. The molecular formula is C48H62N10O8. The molecule has 1 aromatic heterocycles. The molecule has 4 unspecified atom stereocenters. The van der Waals surface area contributed by atoms with Crippen molar-refractivity contribution in [2.75, 3.05) is 53.0 Å². The number of pyridine rings is 1. The lowest BCUT2D eigenvalue weighted by atomic mass is 9.93. The van der Waals surface area contributed by atoms with Crippen LogP contribution in [0, 0.1) is 18.3 Å². The van der Waals surface area contributed by atoms with Crippen molar-refractivity contribution in [1.82, 2.24) is 31.2 Å². The summed E-state index contributed by atoms with van der Waals surface area (Å²) < 4.78 is 18.2. The van der Waals surface area contributed by atoms with Gasteiger partial charge >= 0.3 is 0 Å². The van der Waals surface area contributed by atoms with E-state index < -0.39 is 53.7 Å². The van der Waals surface area contributed by atoms with Crippen molar-refractivity contribution in [1.29, 1.82) is 5.26 Å². The summed E-state index contributed by atoms with van der Waals surface area (Å²) >= 11 is 0. The Hall–Kier alpha value is -6.81. The van der Waals surface area contributed by atoms with Gasteiger partial charge in [-0.2, -0.15) is 5.26 Å². The van der Waals surface area contributed by atoms with Gasteiger partial charge in [0.25, 0.3) is 5.91 Å². The third-order valence-electron chi connectivity index (χ3n) is 11.1. The van der Waals surface area contributed by atoms with Gasteiger partial charge in [0, 0.05) is 43.1 Å². The lowest BCUT2D eigenvalue weighted by molar-refractivity contribution is -0.141. The fourth-order valence-electron chi connectivity index (χ4n) is 7.65. The van der Waals surface area contributed by atoms with E-state index in [1.54, 1.807) is 49.4 Å². The molecule has 4 bridgehead atoms. The van der Waals surface area contributed by atoms with E-state index in [1.165, 1.54) is 18.9 Å². The zero-order valence-corrected chi connectivity index (χ0v) is 38.1. The molecule has 3 aromatic carbocycles. The first-order valence-electron chi connectivity index (χ1n) is 22.3. The Labute approximate surface area is 385 Å². The Kier molecular flexibility index (Phi) is 18.6. The largest absolute Gasteiger partial charge is 0.494 e. The fourth-order valence-corrected chi connectivity index (χ4v) is 7.65. The summed E-state index contributed by atoms with van der Waals surface area (Å²) in [5.74, 6) is -1.86. The van der Waals surface area contributed by atoms with E-state index in [2.05, 4.69) is 33.2 Å². The zero-order valence-electron chi connectivity index (χ0n) is 38.1. The van der Waals surface area contributed by atoms with Gasteiger partial charge in [0.1, 0.15) is 61.2 Å². The summed E-state index contributed by atoms with van der Waals surface area (Å²) in [6.07, 6.45) is 4.26. The van der Waals surface area contributed by atoms with Crippen LogP contribution in [0.5, 0.6) is 17.2 Å². The maximum Gasteiger partial charge on any atom is 0.253 e. The summed E-state index contributed by atoms with van der Waals surface area (Å²) in [4.78, 5) is 76.4. The first kappa shape index (κ1) is 50.2. The van der Waals surface area contributed by atoms with Gasteiger partial charge in [-0.1, -0.05) is 38.3 Å². The lowest BCUT2D eigenvalue weighted by Crippen LogP contribution is -2.56. The van der Waals surface area contributed by atoms with Gasteiger partial charge in [-0.3, -0.25) is 29.0 Å². The van der Waals surface area contributed by atoms with E-state index in [0.717, 1.165) is 25.7 Å². The zero-order chi connectivity index (χ0) is 47.8. The number of likely N-dealkylation sites (N-methyl/N-ethyl adjacent to an activating group) is 1. The molecule has 352 valence electrons. The summed E-state index contributed by atoms with van der Waals surface area (Å²) in [7, 11) is 1.42. The summed E-state index contributed by atoms with van der Waals surface area (Å²) in [5.41, 5.74) is 20.9. The van der Waals surface area contributed by atoms with Crippen LogP contribution in [0.1, 0.15) is 79.2 Å². The normalized spacial score (nSPS) is 16.4. The lowest BCUT2D eigenvalue weighted by Gasteiger charge is -2.32. The fraction of sp³-hybridized carbons (Fsp3) is 0.438. The number of ether oxygens (including phenoxy) is 3. The van der Waals surface area contributed by atoms with Crippen molar-refractivity contribution in [2.24, 2.45) is 17.2 Å². The number of nitrogens with zero attached hydrogens (tertiary/aromatic N) is 3. The Bertz CT molecular complexity index is 2410. The molecule has 0 saturated heterocycles. The summed E-state index contributed by atoms with van der Waals surface area (Å²) in [6, 6.07) is 14.3. The van der Waals surface area contributed by atoms with Crippen molar-refractivity contribution >= 4 is 40.4 Å². The molecule has 1 aliphatic heterocycles. The molecule has 0 saturated carbocycles. The number of hydrogen-bond acceptors (Lipinski definition) is 13. The Morgan fingerprint density at radius 3 is 2.27 bits per heavy atom. The molecule has 66 heavy (non-hydrogen) atoms. The Balaban J connectivity index is 1.55. The standard InChI is InChI=1S/C48H62N10O8/c1-5-6-7-8-21-64-34-11-12-38-33(26-34)28-35(29(2)54-38)45(60)56-39(15-16-49)48(63)58(4)43-32-10-14-42(66-23-19-52)37(27-32)36-24-31(9-13-41(36)65-22-18-51)25-40(46(61)53-20-17-50)57-44(59)30(3)55-47(43)62/h9-14,24,26-28,30,39-40,43H,5-8,15-16,18-23,25,49,51-52H2,1-4H3,(H,53,61)(H,55,62)(H,56,60)(H,57,59). The molecule has 5 rings (SSSR count). The van der Waals surface area contributed by atoms with E-state index in [9.17, 15) is 29.2 Å². The molecule has 2 heterocycles. The number of nitrogens with two attached hydrogens (primary N) is 3. The van der Waals surface area contributed by atoms with Crippen LogP contribution in [0.2, 0.25) is 0 Å². The Morgan fingerprint density at radius 2 is 1.59 bits per heavy atom. The number of benzene rings is 3. The molecule has 18 heteroatoms. The van der Waals surface area contributed by atoms with E-state index >= 15 is 0 Å². The minimum Gasteiger partial charge on any atom is -0.494 e. The van der Waals surface area contributed by atoms with Crippen LogP contribution in [0.25, 0.3) is 22.0 Å². The first-order chi connectivity index (χ1) is 31.8. The van der Waals surface area contributed by atoms with Crippen LogP contribution in [0.3, 0.4) is 0 Å². The third kappa shape index (κ3) is 12.9. The highest BCUT2D eigenvalue weighted by atomic mass is 16.5. The van der Waals surface area contributed by atoms with Crippen molar-refractivity contribution < 1.29 is 38.2 Å². The summed E-state index contributed by atoms with van der Waals surface area (Å²) in [6.45, 7) is 6.25. The van der Waals surface area contributed by atoms with Gasteiger partial charge in [-0.15, -0.1) is 0 Å². The van der Waals surface area contributed by atoms with Gasteiger partial charge in [0.15, 0.2) is 0 Å². The second-order valence-corrected chi connectivity index (χ2v) is 16.1. The van der Waals surface area contributed by atoms with Gasteiger partial charge in [0.05, 0.1) is 29.5 Å². The molecule has 0 radical (unpaired) electrons. The average Bonchev–Trinajstić information content (AvgIpc) is 3.31. The first-order valence-corrected chi connectivity index (χ1v) is 22.3. The molecule has 0 spiro atoms. The minimum atomic E-state index is -1.40. The van der Waals surface area contributed by atoms with E-state index in [4.69, 9.17) is 31.4 Å². The maximum absolute atomic E-state index is 14.7. The molecule has 4 atom stereocenters. The van der Waals surface area contributed by atoms with E-state index in [0.29, 0.717) is 62.7 Å². The van der Waals surface area contributed by atoms with Crippen LogP contribution >= 0.6 is 0 Å². The minimum absolute atomic E-state index is 0.00404. The molecule has 0 fully saturated rings. The molecule has 5 amide bonds. The number of fused-ring (bicyclic) bond motifs is 6. The number of nitrogens with one attached hydrogen (secondary N) is 4. The Morgan fingerprint density at radius 1 is 0.879 bits per heavy atom. The number of amides is 5. The van der Waals surface area contributed by atoms with Crippen LogP contribution < -0.4 is 52.7 Å². The number of carbonyl (C=O) groups is 5. The van der Waals surface area contributed by atoms with Crippen molar-refractivity contribution in [2.45, 2.75) is 83.5 Å². The van der Waals surface area contributed by atoms with Gasteiger partial charge in [-0.05, 0) is 92.9 Å². The summed E-state index contributed by atoms with van der Waals surface area (Å²) in [5, 5.41) is 20.6. The number of hydrogen-bond donors (Lipinski definition) is 7. The average molecular weight is 907 g/mol. The molecule has 4 aromatic rings. The number of rotatable bonds is 20. The van der Waals surface area contributed by atoms with Crippen LogP contribution in [0.15, 0.2) is 60.7 Å². The van der Waals surface area contributed by atoms with Gasteiger partial charge < -0.3 is 57.6 Å². The van der Waals surface area contributed by atoms with Gasteiger partial charge in [0.2, 0.25) is 23.6 Å². The predicted octanol–water partition coefficient (Wildman–Crippen LogP) is 2.68. The van der Waals surface area contributed by atoms with Crippen molar-refractivity contribution in [3.63, 3.8) is 0 Å². The second-order valence-electron chi connectivity index (χ2n) is 16.1. The number of unbranched alkanes of at least 4 members (excludes halogenated alkanes) is 3. The molecular weight excluding hydrogens is 845 g/mol. The van der Waals surface area contributed by atoms with Crippen LogP contribution in [0.4, 0.5) is 0 Å². The second kappa shape index (κ2) is 24.5. The van der Waals surface area contributed by atoms with E-state index in [1.807, 2.05) is 24.3 Å². The third-order valence-corrected chi connectivity index (χ3v) is 11.1. The van der Waals surface area contributed by atoms with Crippen molar-refractivity contribution in [3.8, 4) is 34.4 Å². The van der Waals surface area contributed by atoms with Crippen LogP contribution in [-0.2, 0) is 25.6 Å². The number of carbonyl (C=O) groups excluding carboxylic acids is 5. The number of aromatic nitrogens is 1. The molecule has 1 aliphatic rings. The maximum atomic E-state index is 14.7. The smallest absolute Gasteiger partial charge is 0.253 e. The quantitative estimate of drug-likeness (QED) is 0.0497. The van der Waals surface area contributed by atoms with Gasteiger partial charge in [-0.25, -0.2) is 0 Å². The topological polar surface area (TPSA) is 279 Å².